The number of aromatic nitrogens is 2. The number of benzene rings is 2. The fourth-order valence-electron chi connectivity index (χ4n) is 2.80. The van der Waals surface area contributed by atoms with Crippen LogP contribution in [0.4, 0.5) is 5.69 Å². The van der Waals surface area contributed by atoms with Crippen LogP contribution in [0.25, 0.3) is 11.0 Å². The van der Waals surface area contributed by atoms with Gasteiger partial charge in [-0.1, -0.05) is 30.3 Å². The molecule has 0 bridgehead atoms. The van der Waals surface area contributed by atoms with Crippen LogP contribution in [0, 0.1) is 0 Å². The molecule has 7 nitrogen and oxygen atoms in total. The first-order valence-corrected chi connectivity index (χ1v) is 10.6. The number of aromatic amines is 1. The van der Waals surface area contributed by atoms with Gasteiger partial charge < -0.3 is 10.3 Å². The van der Waals surface area contributed by atoms with Gasteiger partial charge in [0.25, 0.3) is 0 Å². The molecule has 8 heteroatoms. The van der Waals surface area contributed by atoms with Crippen LogP contribution >= 0.6 is 0 Å². The minimum Gasteiger partial charge on any atom is -0.352 e. The molecule has 1 heterocycles. The van der Waals surface area contributed by atoms with Crippen molar-refractivity contribution in [3.8, 4) is 0 Å². The van der Waals surface area contributed by atoms with Crippen LogP contribution in [-0.2, 0) is 27.8 Å². The average molecular weight is 386 g/mol. The highest BCUT2D eigenvalue weighted by Crippen LogP contribution is 2.16. The Morgan fingerprint density at radius 2 is 1.85 bits per heavy atom. The molecule has 1 aromatic heterocycles. The van der Waals surface area contributed by atoms with E-state index < -0.39 is 10.0 Å². The molecule has 27 heavy (non-hydrogen) atoms. The Hall–Kier alpha value is -2.87. The molecule has 2 aromatic carbocycles. The van der Waals surface area contributed by atoms with Crippen molar-refractivity contribution in [1.82, 2.24) is 15.3 Å². The summed E-state index contributed by atoms with van der Waals surface area (Å²) in [5.74, 6) is 0.784. The number of H-pyrrole nitrogens is 1. The van der Waals surface area contributed by atoms with Gasteiger partial charge in [-0.05, 0) is 30.2 Å². The number of sulfonamides is 1. The van der Waals surface area contributed by atoms with Crippen LogP contribution in [0.1, 0.15) is 24.2 Å². The molecule has 0 saturated heterocycles. The fourth-order valence-corrected chi connectivity index (χ4v) is 3.39. The zero-order valence-corrected chi connectivity index (χ0v) is 15.8. The molecule has 0 fully saturated rings. The third kappa shape index (κ3) is 5.55. The van der Waals surface area contributed by atoms with Crippen LogP contribution in [-0.4, -0.2) is 30.5 Å². The molecule has 3 N–H and O–H groups in total. The normalized spacial score (nSPS) is 11.4. The summed E-state index contributed by atoms with van der Waals surface area (Å²) in [6, 6.07) is 14.8. The van der Waals surface area contributed by atoms with E-state index in [1.54, 1.807) is 24.3 Å². The van der Waals surface area contributed by atoms with Gasteiger partial charge in [-0.25, -0.2) is 13.4 Å². The standard InChI is InChI=1S/C19H22N4O3S/c1-27(25,26)23-15-8-3-2-7-14(15)13-20-19(24)12-6-11-18-21-16-9-4-5-10-17(16)22-18/h2-5,7-10,23H,6,11-13H2,1H3,(H,20,24)(H,21,22). The highest BCUT2D eigenvalue weighted by Gasteiger charge is 2.09. The van der Waals surface area contributed by atoms with E-state index in [0.29, 0.717) is 30.5 Å². The second kappa shape index (κ2) is 8.22. The highest BCUT2D eigenvalue weighted by molar-refractivity contribution is 7.92. The zero-order chi connectivity index (χ0) is 19.3. The number of para-hydroxylation sites is 3. The van der Waals surface area contributed by atoms with Crippen molar-refractivity contribution >= 4 is 32.7 Å². The molecule has 0 aliphatic heterocycles. The minimum absolute atomic E-state index is 0.0831. The van der Waals surface area contributed by atoms with Gasteiger partial charge in [-0.15, -0.1) is 0 Å². The van der Waals surface area contributed by atoms with Crippen molar-refractivity contribution < 1.29 is 13.2 Å². The van der Waals surface area contributed by atoms with Crippen LogP contribution < -0.4 is 10.0 Å². The van der Waals surface area contributed by atoms with Crippen molar-refractivity contribution in [2.24, 2.45) is 0 Å². The number of carbonyl (C=O) groups excluding carboxylic acids is 1. The minimum atomic E-state index is -3.37. The van der Waals surface area contributed by atoms with Crippen LogP contribution in [0.5, 0.6) is 0 Å². The van der Waals surface area contributed by atoms with Crippen molar-refractivity contribution in [3.05, 3.63) is 59.9 Å². The van der Waals surface area contributed by atoms with Gasteiger partial charge in [-0.3, -0.25) is 9.52 Å². The van der Waals surface area contributed by atoms with E-state index in [9.17, 15) is 13.2 Å². The van der Waals surface area contributed by atoms with Crippen molar-refractivity contribution in [2.75, 3.05) is 11.0 Å². The second-order valence-corrected chi connectivity index (χ2v) is 8.11. The molecular formula is C19H22N4O3S. The van der Waals surface area contributed by atoms with E-state index in [4.69, 9.17) is 0 Å². The monoisotopic (exact) mass is 386 g/mol. The number of hydrogen-bond donors (Lipinski definition) is 3. The van der Waals surface area contributed by atoms with E-state index in [1.165, 1.54) is 0 Å². The Labute approximate surface area is 158 Å². The zero-order valence-electron chi connectivity index (χ0n) is 15.0. The molecule has 1 amide bonds. The quantitative estimate of drug-likeness (QED) is 0.553. The molecule has 0 unspecified atom stereocenters. The molecule has 0 radical (unpaired) electrons. The van der Waals surface area contributed by atoms with Crippen molar-refractivity contribution in [1.29, 1.82) is 0 Å². The van der Waals surface area contributed by atoms with Gasteiger partial charge >= 0.3 is 0 Å². The van der Waals surface area contributed by atoms with Gasteiger partial charge in [0.05, 0.1) is 23.0 Å². The maximum Gasteiger partial charge on any atom is 0.229 e. The van der Waals surface area contributed by atoms with Gasteiger partial charge in [0.15, 0.2) is 0 Å². The number of rotatable bonds is 8. The summed E-state index contributed by atoms with van der Waals surface area (Å²) in [5, 5.41) is 2.83. The Balaban J connectivity index is 1.49. The number of aryl methyl sites for hydroxylation is 1. The molecular weight excluding hydrogens is 364 g/mol. The second-order valence-electron chi connectivity index (χ2n) is 6.36. The topological polar surface area (TPSA) is 104 Å². The van der Waals surface area contributed by atoms with E-state index in [1.807, 2.05) is 24.3 Å². The first kappa shape index (κ1) is 18.9. The third-order valence-corrected chi connectivity index (χ3v) is 4.64. The average Bonchev–Trinajstić information content (AvgIpc) is 3.02. The lowest BCUT2D eigenvalue weighted by atomic mass is 10.1. The molecule has 0 aliphatic rings. The first-order valence-electron chi connectivity index (χ1n) is 8.67. The van der Waals surface area contributed by atoms with Gasteiger partial charge in [-0.2, -0.15) is 0 Å². The molecule has 0 atom stereocenters. The van der Waals surface area contributed by atoms with E-state index in [2.05, 4.69) is 20.0 Å². The molecule has 0 aliphatic carbocycles. The van der Waals surface area contributed by atoms with Crippen LogP contribution in [0.15, 0.2) is 48.5 Å². The number of amides is 1. The summed E-state index contributed by atoms with van der Waals surface area (Å²) in [6.45, 7) is 0.266. The van der Waals surface area contributed by atoms with E-state index in [0.717, 1.165) is 23.1 Å². The molecule has 3 rings (SSSR count). The number of carbonyl (C=O) groups is 1. The van der Waals surface area contributed by atoms with Gasteiger partial charge in [0, 0.05) is 19.4 Å². The SMILES string of the molecule is CS(=O)(=O)Nc1ccccc1CNC(=O)CCCc1nc2ccccc2[nH]1. The summed E-state index contributed by atoms with van der Waals surface area (Å²) in [6.07, 6.45) is 2.84. The molecule has 0 spiro atoms. The Morgan fingerprint density at radius 1 is 1.11 bits per heavy atom. The van der Waals surface area contributed by atoms with Crippen molar-refractivity contribution in [3.63, 3.8) is 0 Å². The molecule has 3 aromatic rings. The summed E-state index contributed by atoms with van der Waals surface area (Å²) in [4.78, 5) is 19.8. The maximum absolute atomic E-state index is 12.1. The number of hydrogen-bond acceptors (Lipinski definition) is 4. The van der Waals surface area contributed by atoms with E-state index >= 15 is 0 Å². The third-order valence-electron chi connectivity index (χ3n) is 4.04. The Morgan fingerprint density at radius 3 is 2.63 bits per heavy atom. The maximum atomic E-state index is 12.1. The predicted octanol–water partition coefficient (Wildman–Crippen LogP) is 2.57. The number of nitrogens with zero attached hydrogens (tertiary/aromatic N) is 1. The fraction of sp³-hybridized carbons (Fsp3) is 0.263. The number of anilines is 1. The lowest BCUT2D eigenvalue weighted by molar-refractivity contribution is -0.121. The van der Waals surface area contributed by atoms with Gasteiger partial charge in [0.2, 0.25) is 15.9 Å². The summed E-state index contributed by atoms with van der Waals surface area (Å²) < 4.78 is 25.3. The first-order chi connectivity index (χ1) is 12.9. The number of nitrogens with one attached hydrogen (secondary N) is 3. The summed E-state index contributed by atoms with van der Waals surface area (Å²) in [7, 11) is -3.37. The molecule has 0 saturated carbocycles. The summed E-state index contributed by atoms with van der Waals surface area (Å²) >= 11 is 0. The van der Waals surface area contributed by atoms with Gasteiger partial charge in [0.1, 0.15) is 5.82 Å². The van der Waals surface area contributed by atoms with E-state index in [-0.39, 0.29) is 12.5 Å². The highest BCUT2D eigenvalue weighted by atomic mass is 32.2. The Kier molecular flexibility index (Phi) is 5.75. The predicted molar refractivity (Wildman–Crippen MR) is 106 cm³/mol. The molecule has 142 valence electrons. The number of fused-ring (bicyclic) bond motifs is 1. The Bertz CT molecular complexity index is 1010. The van der Waals surface area contributed by atoms with Crippen LogP contribution in [0.2, 0.25) is 0 Å². The van der Waals surface area contributed by atoms with Crippen LogP contribution in [0.3, 0.4) is 0 Å². The van der Waals surface area contributed by atoms with Crippen molar-refractivity contribution in [2.45, 2.75) is 25.8 Å². The lowest BCUT2D eigenvalue weighted by Crippen LogP contribution is -2.23. The summed E-state index contributed by atoms with van der Waals surface area (Å²) in [5.41, 5.74) is 3.11. The smallest absolute Gasteiger partial charge is 0.229 e. The number of imidazole rings is 1. The lowest BCUT2D eigenvalue weighted by Gasteiger charge is -2.11. The largest absolute Gasteiger partial charge is 0.352 e.